The van der Waals surface area contributed by atoms with Gasteiger partial charge in [-0.3, -0.25) is 14.2 Å². The maximum atomic E-state index is 14.6. The number of aromatic nitrogens is 2. The van der Waals surface area contributed by atoms with Crippen molar-refractivity contribution in [1.29, 1.82) is 0 Å². The Bertz CT molecular complexity index is 1310. The Morgan fingerprint density at radius 1 is 1.00 bits per heavy atom. The van der Waals surface area contributed by atoms with Gasteiger partial charge >= 0.3 is 0 Å². The monoisotopic (exact) mass is 433 g/mol. The number of amides is 1. The summed E-state index contributed by atoms with van der Waals surface area (Å²) in [6.07, 6.45) is 0. The van der Waals surface area contributed by atoms with Crippen molar-refractivity contribution in [2.24, 2.45) is 0 Å². The van der Waals surface area contributed by atoms with Crippen LogP contribution in [0.3, 0.4) is 0 Å². The summed E-state index contributed by atoms with van der Waals surface area (Å²) in [4.78, 5) is 32.4. The van der Waals surface area contributed by atoms with Gasteiger partial charge in [0.2, 0.25) is 5.91 Å². The van der Waals surface area contributed by atoms with E-state index in [9.17, 15) is 14.0 Å². The molecule has 4 aromatic rings. The van der Waals surface area contributed by atoms with Crippen molar-refractivity contribution < 1.29 is 9.18 Å². The van der Waals surface area contributed by atoms with E-state index in [-0.39, 0.29) is 22.3 Å². The first-order valence-electron chi connectivity index (χ1n) is 9.73. The van der Waals surface area contributed by atoms with Gasteiger partial charge in [-0.25, -0.2) is 9.37 Å². The Hall–Kier alpha value is -3.45. The lowest BCUT2D eigenvalue weighted by atomic mass is 10.2. The molecule has 0 N–H and O–H groups in total. The highest BCUT2D eigenvalue weighted by atomic mass is 32.2. The van der Waals surface area contributed by atoms with Gasteiger partial charge in [-0.05, 0) is 43.3 Å². The number of hydrogen-bond donors (Lipinski definition) is 0. The normalized spacial score (nSPS) is 12.0. The van der Waals surface area contributed by atoms with E-state index >= 15 is 0 Å². The van der Waals surface area contributed by atoms with Gasteiger partial charge in [0.25, 0.3) is 5.56 Å². The lowest BCUT2D eigenvalue weighted by molar-refractivity contribution is -0.117. The van der Waals surface area contributed by atoms with E-state index in [0.29, 0.717) is 10.9 Å². The lowest BCUT2D eigenvalue weighted by Gasteiger charge is -2.22. The summed E-state index contributed by atoms with van der Waals surface area (Å²) in [6.45, 7) is 1.75. The summed E-state index contributed by atoms with van der Waals surface area (Å²) < 4.78 is 15.9. The molecule has 7 heteroatoms. The molecule has 0 spiro atoms. The Morgan fingerprint density at radius 2 is 1.65 bits per heavy atom. The summed E-state index contributed by atoms with van der Waals surface area (Å²) in [5, 5.41) is 0.0860. The fraction of sp³-hybridized carbons (Fsp3) is 0.125. The minimum Gasteiger partial charge on any atom is -0.315 e. The minimum atomic E-state index is -0.559. The number of thioether (sulfide) groups is 1. The van der Waals surface area contributed by atoms with Crippen LogP contribution in [0.1, 0.15) is 6.92 Å². The molecule has 0 aliphatic rings. The number of carbonyl (C=O) groups excluding carboxylic acids is 1. The third kappa shape index (κ3) is 4.09. The molecule has 31 heavy (non-hydrogen) atoms. The molecule has 0 saturated carbocycles. The van der Waals surface area contributed by atoms with Crippen LogP contribution < -0.4 is 10.5 Å². The molecular formula is C24H20FN3O2S. The van der Waals surface area contributed by atoms with Gasteiger partial charge in [-0.2, -0.15) is 0 Å². The molecule has 156 valence electrons. The highest BCUT2D eigenvalue weighted by molar-refractivity contribution is 8.00. The van der Waals surface area contributed by atoms with E-state index in [1.54, 1.807) is 55.3 Å². The second-order valence-corrected chi connectivity index (χ2v) is 8.30. The number of carbonyl (C=O) groups is 1. The summed E-state index contributed by atoms with van der Waals surface area (Å²) in [5.74, 6) is -0.692. The smallest absolute Gasteiger partial charge is 0.266 e. The maximum absolute atomic E-state index is 14.6. The SMILES string of the molecule is CC(Sc1nc2ccccc2c(=O)n1-c1ccccc1F)C(=O)N(C)c1ccccc1. The molecule has 0 radical (unpaired) electrons. The van der Waals surface area contributed by atoms with Crippen molar-refractivity contribution in [2.75, 3.05) is 11.9 Å². The van der Waals surface area contributed by atoms with Gasteiger partial charge in [0.05, 0.1) is 21.8 Å². The average Bonchev–Trinajstić information content (AvgIpc) is 2.80. The number of fused-ring (bicyclic) bond motifs is 1. The van der Waals surface area contributed by atoms with Crippen LogP contribution in [0.2, 0.25) is 0 Å². The largest absolute Gasteiger partial charge is 0.315 e. The second-order valence-electron chi connectivity index (χ2n) is 7.00. The zero-order valence-corrected chi connectivity index (χ0v) is 17.8. The van der Waals surface area contributed by atoms with Gasteiger partial charge in [0.15, 0.2) is 5.16 Å². The molecule has 3 aromatic carbocycles. The zero-order chi connectivity index (χ0) is 22.0. The standard InChI is InChI=1S/C24H20FN3O2S/c1-16(22(29)27(2)17-10-4-3-5-11-17)31-24-26-20-14-8-6-12-18(20)23(30)28(24)21-15-9-7-13-19(21)25/h3-16H,1-2H3. The Kier molecular flexibility index (Phi) is 5.86. The van der Waals surface area contributed by atoms with Crippen molar-refractivity contribution in [3.63, 3.8) is 0 Å². The Balaban J connectivity index is 1.78. The third-order valence-corrected chi connectivity index (χ3v) is 5.98. The van der Waals surface area contributed by atoms with E-state index in [4.69, 9.17) is 0 Å². The molecule has 5 nitrogen and oxygen atoms in total. The predicted octanol–water partition coefficient (Wildman–Crippen LogP) is 4.67. The number of hydrogen-bond acceptors (Lipinski definition) is 4. The lowest BCUT2D eigenvalue weighted by Crippen LogP contribution is -2.34. The number of benzene rings is 3. The fourth-order valence-electron chi connectivity index (χ4n) is 3.30. The van der Waals surface area contributed by atoms with Crippen LogP contribution in [0.25, 0.3) is 16.6 Å². The summed E-state index contributed by atoms with van der Waals surface area (Å²) in [6, 6.07) is 22.3. The first kappa shape index (κ1) is 20.8. The first-order valence-corrected chi connectivity index (χ1v) is 10.6. The van der Waals surface area contributed by atoms with Crippen LogP contribution in [0.15, 0.2) is 88.8 Å². The summed E-state index contributed by atoms with van der Waals surface area (Å²) in [7, 11) is 1.70. The van der Waals surface area contributed by atoms with Crippen LogP contribution in [-0.4, -0.2) is 27.8 Å². The van der Waals surface area contributed by atoms with E-state index in [1.165, 1.54) is 16.7 Å². The Morgan fingerprint density at radius 3 is 2.39 bits per heavy atom. The van der Waals surface area contributed by atoms with Crippen molar-refractivity contribution in [3.05, 3.63) is 95.0 Å². The van der Waals surface area contributed by atoms with Gasteiger partial charge in [0, 0.05) is 12.7 Å². The third-order valence-electron chi connectivity index (χ3n) is 4.94. The van der Waals surface area contributed by atoms with E-state index < -0.39 is 11.1 Å². The molecule has 1 unspecified atom stereocenters. The summed E-state index contributed by atoms with van der Waals surface area (Å²) in [5.41, 5.74) is 0.982. The van der Waals surface area contributed by atoms with Gasteiger partial charge in [-0.15, -0.1) is 0 Å². The van der Waals surface area contributed by atoms with E-state index in [0.717, 1.165) is 17.4 Å². The van der Waals surface area contributed by atoms with E-state index in [2.05, 4.69) is 4.98 Å². The molecule has 1 amide bonds. The topological polar surface area (TPSA) is 55.2 Å². The van der Waals surface area contributed by atoms with Crippen molar-refractivity contribution >= 4 is 34.3 Å². The average molecular weight is 434 g/mol. The molecule has 0 saturated heterocycles. The Labute approximate surface area is 183 Å². The van der Waals surface area contributed by atoms with Crippen LogP contribution in [0, 0.1) is 5.82 Å². The molecule has 4 rings (SSSR count). The number of rotatable bonds is 5. The fourth-order valence-corrected chi connectivity index (χ4v) is 4.31. The second kappa shape index (κ2) is 8.73. The van der Waals surface area contributed by atoms with Crippen molar-refractivity contribution in [3.8, 4) is 5.69 Å². The maximum Gasteiger partial charge on any atom is 0.266 e. The van der Waals surface area contributed by atoms with Crippen molar-refractivity contribution in [2.45, 2.75) is 17.3 Å². The summed E-state index contributed by atoms with van der Waals surface area (Å²) >= 11 is 1.13. The van der Waals surface area contributed by atoms with Gasteiger partial charge in [-0.1, -0.05) is 54.2 Å². The van der Waals surface area contributed by atoms with Crippen LogP contribution in [0.5, 0.6) is 0 Å². The molecule has 0 bridgehead atoms. The molecule has 1 aromatic heterocycles. The number of nitrogens with zero attached hydrogens (tertiary/aromatic N) is 3. The van der Waals surface area contributed by atoms with Crippen LogP contribution >= 0.6 is 11.8 Å². The molecule has 0 fully saturated rings. The number of para-hydroxylation sites is 3. The molecular weight excluding hydrogens is 413 g/mol. The highest BCUT2D eigenvalue weighted by Crippen LogP contribution is 2.27. The molecule has 0 aliphatic heterocycles. The quantitative estimate of drug-likeness (QED) is 0.339. The highest BCUT2D eigenvalue weighted by Gasteiger charge is 2.24. The van der Waals surface area contributed by atoms with Gasteiger partial charge in [0.1, 0.15) is 5.82 Å². The molecule has 1 heterocycles. The van der Waals surface area contributed by atoms with Crippen LogP contribution in [-0.2, 0) is 4.79 Å². The molecule has 0 aliphatic carbocycles. The zero-order valence-electron chi connectivity index (χ0n) is 17.0. The van der Waals surface area contributed by atoms with Crippen molar-refractivity contribution in [1.82, 2.24) is 9.55 Å². The predicted molar refractivity (Wildman–Crippen MR) is 122 cm³/mol. The van der Waals surface area contributed by atoms with Crippen LogP contribution in [0.4, 0.5) is 10.1 Å². The van der Waals surface area contributed by atoms with Gasteiger partial charge < -0.3 is 4.90 Å². The number of halogens is 1. The minimum absolute atomic E-state index is 0.101. The van der Waals surface area contributed by atoms with E-state index in [1.807, 2.05) is 30.3 Å². The first-order chi connectivity index (χ1) is 15.0. The molecule has 1 atom stereocenters. The number of anilines is 1.